The third-order valence-electron chi connectivity index (χ3n) is 2.08. The first-order valence-corrected chi connectivity index (χ1v) is 5.47. The van der Waals surface area contributed by atoms with Crippen LogP contribution in [-0.2, 0) is 4.79 Å². The van der Waals surface area contributed by atoms with Gasteiger partial charge in [0, 0.05) is 19.1 Å². The van der Waals surface area contributed by atoms with Crippen LogP contribution in [0.25, 0.3) is 0 Å². The van der Waals surface area contributed by atoms with Crippen LogP contribution in [-0.4, -0.2) is 15.8 Å². The molecule has 19 heavy (non-hydrogen) atoms. The summed E-state index contributed by atoms with van der Waals surface area (Å²) in [4.78, 5) is 21.1. The average molecular weight is 284 g/mol. The largest absolute Gasteiger partial charge is 0.510 e. The molecule has 1 aromatic rings. The van der Waals surface area contributed by atoms with Gasteiger partial charge in [0.15, 0.2) is 11.5 Å². The lowest BCUT2D eigenvalue weighted by atomic mass is 10.3. The number of benzene rings is 1. The maximum atomic E-state index is 11.1. The lowest BCUT2D eigenvalue weighted by Gasteiger charge is -1.99. The van der Waals surface area contributed by atoms with E-state index in [2.05, 4.69) is 10.2 Å². The molecule has 0 aliphatic rings. The molecule has 0 aromatic heterocycles. The Balaban J connectivity index is 3.10. The van der Waals surface area contributed by atoms with Gasteiger partial charge in [-0.3, -0.25) is 14.9 Å². The highest BCUT2D eigenvalue weighted by Crippen LogP contribution is 2.29. The fraction of sp³-hybridized carbons (Fsp3) is 0.182. The molecule has 1 aromatic carbocycles. The van der Waals surface area contributed by atoms with Gasteiger partial charge in [0.1, 0.15) is 11.4 Å². The first-order chi connectivity index (χ1) is 8.82. The molecule has 1 rings (SSSR count). The third kappa shape index (κ3) is 3.85. The Morgan fingerprint density at radius 1 is 1.42 bits per heavy atom. The zero-order chi connectivity index (χ0) is 14.6. The number of non-ortho nitro benzene ring substituents is 1. The molecule has 0 heterocycles. The Hall–Kier alpha value is -2.28. The quantitative estimate of drug-likeness (QED) is 0.299. The molecule has 0 radical (unpaired) electrons. The number of hydrogen-bond acceptors (Lipinski definition) is 6. The molecule has 0 saturated heterocycles. The molecule has 1 N–H and O–H groups in total. The monoisotopic (exact) mass is 283 g/mol. The maximum absolute atomic E-state index is 11.1. The molecule has 0 bridgehead atoms. The molecule has 0 fully saturated rings. The van der Waals surface area contributed by atoms with Crippen LogP contribution in [0.1, 0.15) is 13.8 Å². The minimum absolute atomic E-state index is 0.0245. The summed E-state index contributed by atoms with van der Waals surface area (Å²) >= 11 is 5.79. The standard InChI is InChI=1S/C11H10ClN3O4/c1-6(16)11(7(2)17)14-13-10-4-3-8(15(18)19)5-9(10)12/h3-5,16H,1-2H3/b11-6-,14-13?. The number of ketones is 1. The van der Waals surface area contributed by atoms with Crippen molar-refractivity contribution < 1.29 is 14.8 Å². The number of aliphatic hydroxyl groups excluding tert-OH is 1. The van der Waals surface area contributed by atoms with E-state index in [1.54, 1.807) is 0 Å². The molecular weight excluding hydrogens is 274 g/mol. The Labute approximate surface area is 113 Å². The van der Waals surface area contributed by atoms with Gasteiger partial charge in [-0.1, -0.05) is 11.6 Å². The summed E-state index contributed by atoms with van der Waals surface area (Å²) < 4.78 is 0. The second-order valence-electron chi connectivity index (χ2n) is 3.58. The molecule has 8 heteroatoms. The number of allylic oxidation sites excluding steroid dienone is 2. The van der Waals surface area contributed by atoms with Gasteiger partial charge in [-0.2, -0.15) is 0 Å². The van der Waals surface area contributed by atoms with E-state index in [9.17, 15) is 20.0 Å². The van der Waals surface area contributed by atoms with Crippen molar-refractivity contribution in [1.82, 2.24) is 0 Å². The van der Waals surface area contributed by atoms with Crippen molar-refractivity contribution in [3.8, 4) is 0 Å². The molecule has 7 nitrogen and oxygen atoms in total. The first kappa shape index (κ1) is 14.8. The number of nitrogens with zero attached hydrogens (tertiary/aromatic N) is 3. The second kappa shape index (κ2) is 6.05. The number of azo groups is 1. The van der Waals surface area contributed by atoms with Gasteiger partial charge in [0.2, 0.25) is 0 Å². The Morgan fingerprint density at radius 2 is 2.05 bits per heavy atom. The van der Waals surface area contributed by atoms with Gasteiger partial charge in [-0.15, -0.1) is 10.2 Å². The fourth-order valence-electron chi connectivity index (χ4n) is 1.19. The van der Waals surface area contributed by atoms with Crippen molar-refractivity contribution in [2.75, 3.05) is 0 Å². The van der Waals surface area contributed by atoms with Gasteiger partial charge in [-0.05, 0) is 13.0 Å². The van der Waals surface area contributed by atoms with Crippen LogP contribution >= 0.6 is 11.6 Å². The summed E-state index contributed by atoms with van der Waals surface area (Å²) in [6.07, 6.45) is 0. The molecule has 0 aliphatic carbocycles. The van der Waals surface area contributed by atoms with Crippen molar-refractivity contribution in [3.63, 3.8) is 0 Å². The van der Waals surface area contributed by atoms with Crippen LogP contribution in [0.2, 0.25) is 5.02 Å². The molecule has 100 valence electrons. The Kier molecular flexibility index (Phi) is 4.71. The molecular formula is C11H10ClN3O4. The second-order valence-corrected chi connectivity index (χ2v) is 3.99. The van der Waals surface area contributed by atoms with Gasteiger partial charge in [0.25, 0.3) is 5.69 Å². The maximum Gasteiger partial charge on any atom is 0.271 e. The number of carbonyl (C=O) groups is 1. The van der Waals surface area contributed by atoms with Crippen LogP contribution in [0, 0.1) is 10.1 Å². The van der Waals surface area contributed by atoms with Crippen molar-refractivity contribution in [1.29, 1.82) is 0 Å². The summed E-state index contributed by atoms with van der Waals surface area (Å²) in [7, 11) is 0. The Morgan fingerprint density at radius 3 is 2.47 bits per heavy atom. The van der Waals surface area contributed by atoms with E-state index in [0.29, 0.717) is 0 Å². The number of carbonyl (C=O) groups excluding carboxylic acids is 1. The number of nitro groups is 1. The number of hydrogen-bond donors (Lipinski definition) is 1. The average Bonchev–Trinajstić information content (AvgIpc) is 2.29. The molecule has 0 spiro atoms. The SMILES string of the molecule is CC(=O)/C(N=Nc1ccc([N+](=O)[O-])cc1Cl)=C(\C)O. The van der Waals surface area contributed by atoms with Gasteiger partial charge in [0.05, 0.1) is 9.95 Å². The number of nitro benzene ring substituents is 1. The fourth-order valence-corrected chi connectivity index (χ4v) is 1.40. The Bertz CT molecular complexity index is 592. The van der Waals surface area contributed by atoms with Crippen LogP contribution in [0.4, 0.5) is 11.4 Å². The highest BCUT2D eigenvalue weighted by Gasteiger charge is 2.10. The van der Waals surface area contributed by atoms with Crippen LogP contribution in [0.15, 0.2) is 39.9 Å². The van der Waals surface area contributed by atoms with Crippen LogP contribution in [0.5, 0.6) is 0 Å². The van der Waals surface area contributed by atoms with E-state index < -0.39 is 10.7 Å². The number of aliphatic hydroxyl groups is 1. The van der Waals surface area contributed by atoms with E-state index in [1.165, 1.54) is 26.0 Å². The number of rotatable bonds is 4. The lowest BCUT2D eigenvalue weighted by Crippen LogP contribution is -1.96. The molecule has 0 aliphatic heterocycles. The summed E-state index contributed by atoms with van der Waals surface area (Å²) in [5, 5.41) is 27.0. The number of Topliss-reactive ketones (excluding diaryl/α,β-unsaturated/α-hetero) is 1. The van der Waals surface area contributed by atoms with Crippen LogP contribution < -0.4 is 0 Å². The van der Waals surface area contributed by atoms with Crippen molar-refractivity contribution in [3.05, 3.63) is 44.8 Å². The minimum Gasteiger partial charge on any atom is -0.510 e. The first-order valence-electron chi connectivity index (χ1n) is 5.09. The topological polar surface area (TPSA) is 105 Å². The van der Waals surface area contributed by atoms with E-state index in [0.717, 1.165) is 6.07 Å². The number of halogens is 1. The normalized spacial score (nSPS) is 12.4. The summed E-state index contributed by atoms with van der Waals surface area (Å²) in [6.45, 7) is 2.53. The van der Waals surface area contributed by atoms with Crippen molar-refractivity contribution in [2.45, 2.75) is 13.8 Å². The predicted octanol–water partition coefficient (Wildman–Crippen LogP) is 3.71. The molecule has 0 unspecified atom stereocenters. The molecule has 0 amide bonds. The van der Waals surface area contributed by atoms with Crippen molar-refractivity contribution in [2.24, 2.45) is 10.2 Å². The zero-order valence-corrected chi connectivity index (χ0v) is 10.9. The molecule has 0 saturated carbocycles. The summed E-state index contributed by atoms with van der Waals surface area (Å²) in [5.74, 6) is -0.726. The third-order valence-corrected chi connectivity index (χ3v) is 2.38. The lowest BCUT2D eigenvalue weighted by molar-refractivity contribution is -0.384. The zero-order valence-electron chi connectivity index (χ0n) is 10.1. The summed E-state index contributed by atoms with van der Waals surface area (Å²) in [6, 6.07) is 3.64. The van der Waals surface area contributed by atoms with Gasteiger partial charge in [-0.25, -0.2) is 0 Å². The van der Waals surface area contributed by atoms with Gasteiger partial charge >= 0.3 is 0 Å². The minimum atomic E-state index is -0.592. The highest BCUT2D eigenvalue weighted by molar-refractivity contribution is 6.33. The highest BCUT2D eigenvalue weighted by atomic mass is 35.5. The molecule has 0 atom stereocenters. The van der Waals surface area contributed by atoms with E-state index in [1.807, 2.05) is 0 Å². The van der Waals surface area contributed by atoms with E-state index in [-0.39, 0.29) is 27.9 Å². The van der Waals surface area contributed by atoms with Gasteiger partial charge < -0.3 is 5.11 Å². The van der Waals surface area contributed by atoms with E-state index >= 15 is 0 Å². The van der Waals surface area contributed by atoms with E-state index in [4.69, 9.17) is 11.6 Å². The summed E-state index contributed by atoms with van der Waals surface area (Å²) in [5.41, 5.74) is -0.216. The van der Waals surface area contributed by atoms with Crippen LogP contribution in [0.3, 0.4) is 0 Å². The smallest absolute Gasteiger partial charge is 0.271 e. The van der Waals surface area contributed by atoms with Crippen molar-refractivity contribution >= 4 is 28.8 Å². The predicted molar refractivity (Wildman–Crippen MR) is 68.6 cm³/mol.